The molecule has 0 saturated carbocycles. The van der Waals surface area contributed by atoms with Gasteiger partial charge in [-0.05, 0) is 11.6 Å². The molecule has 7 nitrogen and oxygen atoms in total. The maximum atomic E-state index is 11.9. The number of nitrogens with one attached hydrogen (secondary N) is 1. The van der Waals surface area contributed by atoms with Crippen molar-refractivity contribution < 1.29 is 19.6 Å². The number of rotatable bonds is 5. The van der Waals surface area contributed by atoms with Crippen molar-refractivity contribution in [2.24, 2.45) is 0 Å². The predicted octanol–water partition coefficient (Wildman–Crippen LogP) is 2.49. The number of benzene rings is 2. The van der Waals surface area contributed by atoms with Crippen LogP contribution >= 0.6 is 11.6 Å². The molecule has 2 aromatic carbocycles. The molecule has 2 aromatic rings. The van der Waals surface area contributed by atoms with Crippen LogP contribution in [0.2, 0.25) is 5.02 Å². The van der Waals surface area contributed by atoms with Gasteiger partial charge in [-0.15, -0.1) is 0 Å². The molecule has 0 heterocycles. The molecule has 2 N–H and O–H groups in total. The highest BCUT2D eigenvalue weighted by Gasteiger charge is 2.25. The van der Waals surface area contributed by atoms with E-state index in [0.717, 1.165) is 12.1 Å². The number of anilines is 1. The molecule has 1 unspecified atom stereocenters. The zero-order valence-electron chi connectivity index (χ0n) is 11.6. The highest BCUT2D eigenvalue weighted by atomic mass is 35.5. The number of hydrogen-bond donors (Lipinski definition) is 2. The molecule has 1 amide bonds. The van der Waals surface area contributed by atoms with Gasteiger partial charge in [0.25, 0.3) is 17.4 Å². The summed E-state index contributed by atoms with van der Waals surface area (Å²) in [7, 11) is 0. The first-order chi connectivity index (χ1) is 10.9. The lowest BCUT2D eigenvalue weighted by atomic mass is 10.1. The first-order valence-electron chi connectivity index (χ1n) is 6.42. The third-order valence-corrected chi connectivity index (χ3v) is 3.31. The Morgan fingerprint density at radius 3 is 2.39 bits per heavy atom. The Hall–Kier alpha value is -2.77. The molecule has 2 rings (SSSR count). The van der Waals surface area contributed by atoms with Crippen molar-refractivity contribution in [1.82, 2.24) is 0 Å². The standard InChI is InChI=1S/C15H11ClN2O5/c16-11-8-10(18(22)23)6-7-12(11)17-15(21)14(20)13(19)9-4-2-1-3-5-9/h1-8,13,19H,(H,17,21). The minimum atomic E-state index is -1.60. The van der Waals surface area contributed by atoms with Crippen molar-refractivity contribution >= 4 is 34.7 Å². The fourth-order valence-electron chi connectivity index (χ4n) is 1.81. The largest absolute Gasteiger partial charge is 0.380 e. The molecule has 23 heavy (non-hydrogen) atoms. The summed E-state index contributed by atoms with van der Waals surface area (Å²) in [5, 5.41) is 22.6. The summed E-state index contributed by atoms with van der Waals surface area (Å²) in [6, 6.07) is 11.4. The maximum Gasteiger partial charge on any atom is 0.294 e. The van der Waals surface area contributed by atoms with E-state index in [2.05, 4.69) is 5.32 Å². The molecule has 0 spiro atoms. The van der Waals surface area contributed by atoms with Crippen molar-refractivity contribution in [3.8, 4) is 0 Å². The lowest BCUT2D eigenvalue weighted by Crippen LogP contribution is -2.28. The van der Waals surface area contributed by atoms with Crippen LogP contribution in [-0.2, 0) is 9.59 Å². The number of hydrogen-bond acceptors (Lipinski definition) is 5. The highest BCUT2D eigenvalue weighted by molar-refractivity contribution is 6.43. The topological polar surface area (TPSA) is 110 Å². The molecule has 8 heteroatoms. The van der Waals surface area contributed by atoms with E-state index in [9.17, 15) is 24.8 Å². The fourth-order valence-corrected chi connectivity index (χ4v) is 2.04. The van der Waals surface area contributed by atoms with E-state index in [1.165, 1.54) is 18.2 Å². The Bertz CT molecular complexity index is 764. The van der Waals surface area contributed by atoms with E-state index >= 15 is 0 Å². The second kappa shape index (κ2) is 6.99. The highest BCUT2D eigenvalue weighted by Crippen LogP contribution is 2.27. The Morgan fingerprint density at radius 1 is 1.17 bits per heavy atom. The van der Waals surface area contributed by atoms with Gasteiger partial charge in [0.05, 0.1) is 15.6 Å². The summed E-state index contributed by atoms with van der Waals surface area (Å²) < 4.78 is 0. The lowest BCUT2D eigenvalue weighted by molar-refractivity contribution is -0.384. The van der Waals surface area contributed by atoms with Crippen LogP contribution in [0.25, 0.3) is 0 Å². The average Bonchev–Trinajstić information content (AvgIpc) is 2.55. The summed E-state index contributed by atoms with van der Waals surface area (Å²) in [5.41, 5.74) is 0.0713. The van der Waals surface area contributed by atoms with Crippen molar-refractivity contribution in [3.05, 3.63) is 69.2 Å². The number of ketones is 1. The number of carbonyl (C=O) groups excluding carboxylic acids is 2. The molecule has 0 radical (unpaired) electrons. The molecule has 0 aliphatic carbocycles. The minimum Gasteiger partial charge on any atom is -0.380 e. The Morgan fingerprint density at radius 2 is 1.83 bits per heavy atom. The van der Waals surface area contributed by atoms with Crippen LogP contribution in [0.4, 0.5) is 11.4 Å². The number of aliphatic hydroxyl groups is 1. The fraction of sp³-hybridized carbons (Fsp3) is 0.0667. The number of aliphatic hydroxyl groups excluding tert-OH is 1. The summed E-state index contributed by atoms with van der Waals surface area (Å²) in [6.07, 6.45) is -1.60. The van der Waals surface area contributed by atoms with E-state index in [0.29, 0.717) is 0 Å². The molecule has 0 aromatic heterocycles. The van der Waals surface area contributed by atoms with Crippen molar-refractivity contribution in [2.45, 2.75) is 6.10 Å². The van der Waals surface area contributed by atoms with Crippen molar-refractivity contribution in [2.75, 3.05) is 5.32 Å². The number of amides is 1. The van der Waals surface area contributed by atoms with Gasteiger partial charge in [-0.3, -0.25) is 19.7 Å². The van der Waals surface area contributed by atoms with Crippen molar-refractivity contribution in [1.29, 1.82) is 0 Å². The minimum absolute atomic E-state index is 0.0379. The number of nitrogens with zero attached hydrogens (tertiary/aromatic N) is 1. The average molecular weight is 335 g/mol. The summed E-state index contributed by atoms with van der Waals surface area (Å²) in [4.78, 5) is 33.8. The summed E-state index contributed by atoms with van der Waals surface area (Å²) >= 11 is 5.83. The van der Waals surface area contributed by atoms with E-state index < -0.39 is 22.7 Å². The van der Waals surface area contributed by atoms with E-state index in [1.54, 1.807) is 18.2 Å². The second-order valence-electron chi connectivity index (χ2n) is 4.55. The van der Waals surface area contributed by atoms with Gasteiger partial charge in [0.15, 0.2) is 0 Å². The number of nitro benzene ring substituents is 1. The zero-order chi connectivity index (χ0) is 17.0. The predicted molar refractivity (Wildman–Crippen MR) is 83.1 cm³/mol. The van der Waals surface area contributed by atoms with Crippen molar-refractivity contribution in [3.63, 3.8) is 0 Å². The van der Waals surface area contributed by atoms with Crippen LogP contribution in [0.15, 0.2) is 48.5 Å². The first kappa shape index (κ1) is 16.6. The van der Waals surface area contributed by atoms with Crippen LogP contribution in [0.1, 0.15) is 11.7 Å². The molecular formula is C15H11ClN2O5. The number of halogens is 1. The molecule has 0 aliphatic heterocycles. The van der Waals surface area contributed by atoms with Crippen LogP contribution in [0.3, 0.4) is 0 Å². The maximum absolute atomic E-state index is 11.9. The Balaban J connectivity index is 2.13. The van der Waals surface area contributed by atoms with Gasteiger partial charge in [0.2, 0.25) is 0 Å². The number of carbonyl (C=O) groups is 2. The van der Waals surface area contributed by atoms with Gasteiger partial charge in [-0.25, -0.2) is 0 Å². The Kier molecular flexibility index (Phi) is 5.05. The first-order valence-corrected chi connectivity index (χ1v) is 6.80. The van der Waals surface area contributed by atoms with Crippen LogP contribution < -0.4 is 5.32 Å². The second-order valence-corrected chi connectivity index (χ2v) is 4.96. The van der Waals surface area contributed by atoms with Gasteiger partial charge < -0.3 is 10.4 Å². The molecular weight excluding hydrogens is 324 g/mol. The van der Waals surface area contributed by atoms with E-state index in [-0.39, 0.29) is 22.0 Å². The molecule has 0 saturated heterocycles. The third-order valence-electron chi connectivity index (χ3n) is 3.00. The molecule has 0 fully saturated rings. The lowest BCUT2D eigenvalue weighted by Gasteiger charge is -2.11. The Labute approximate surface area is 135 Å². The molecule has 1 atom stereocenters. The van der Waals surface area contributed by atoms with Crippen LogP contribution in [-0.4, -0.2) is 21.7 Å². The van der Waals surface area contributed by atoms with Gasteiger partial charge in [0, 0.05) is 12.1 Å². The van der Waals surface area contributed by atoms with Gasteiger partial charge in [-0.2, -0.15) is 0 Å². The van der Waals surface area contributed by atoms with Gasteiger partial charge >= 0.3 is 0 Å². The number of nitro groups is 1. The summed E-state index contributed by atoms with van der Waals surface area (Å²) in [5.74, 6) is -2.14. The zero-order valence-corrected chi connectivity index (χ0v) is 12.4. The molecule has 0 aliphatic rings. The molecule has 118 valence electrons. The quantitative estimate of drug-likeness (QED) is 0.496. The normalized spacial score (nSPS) is 11.6. The number of Topliss-reactive ketones (excluding diaryl/α,β-unsaturated/α-hetero) is 1. The van der Waals surface area contributed by atoms with E-state index in [4.69, 9.17) is 11.6 Å². The smallest absolute Gasteiger partial charge is 0.294 e. The van der Waals surface area contributed by atoms with Gasteiger partial charge in [-0.1, -0.05) is 41.9 Å². The SMILES string of the molecule is O=C(Nc1ccc([N+](=O)[O-])cc1Cl)C(=O)C(O)c1ccccc1. The van der Waals surface area contributed by atoms with Crippen LogP contribution in [0, 0.1) is 10.1 Å². The van der Waals surface area contributed by atoms with Crippen LogP contribution in [0.5, 0.6) is 0 Å². The van der Waals surface area contributed by atoms with E-state index in [1.807, 2.05) is 0 Å². The summed E-state index contributed by atoms with van der Waals surface area (Å²) in [6.45, 7) is 0. The number of non-ortho nitro benzene ring substituents is 1. The van der Waals surface area contributed by atoms with Gasteiger partial charge in [0.1, 0.15) is 6.10 Å². The molecule has 0 bridgehead atoms. The monoisotopic (exact) mass is 334 g/mol. The third kappa shape index (κ3) is 3.91.